The van der Waals surface area contributed by atoms with Gasteiger partial charge in [-0.3, -0.25) is 0 Å². The summed E-state index contributed by atoms with van der Waals surface area (Å²) in [4.78, 5) is 0. The average Bonchev–Trinajstić information content (AvgIpc) is 2.47. The summed E-state index contributed by atoms with van der Waals surface area (Å²) in [5, 5.41) is 13.2. The number of hydrogen-bond acceptors (Lipinski definition) is 3. The zero-order valence-corrected chi connectivity index (χ0v) is 12.9. The summed E-state index contributed by atoms with van der Waals surface area (Å²) in [6, 6.07) is 15.9. The average molecular weight is 285 g/mol. The van der Waals surface area contributed by atoms with Crippen LogP contribution >= 0.6 is 0 Å². The summed E-state index contributed by atoms with van der Waals surface area (Å²) in [5.74, 6) is 0.681. The number of phenolic OH excluding ortho intramolecular Hbond substituents is 1. The minimum Gasteiger partial charge on any atom is -0.504 e. The Labute approximate surface area is 126 Å². The highest BCUT2D eigenvalue weighted by Gasteiger charge is 2.17. The van der Waals surface area contributed by atoms with Crippen LogP contribution in [-0.2, 0) is 13.0 Å². The van der Waals surface area contributed by atoms with Crippen LogP contribution < -0.4 is 10.1 Å². The van der Waals surface area contributed by atoms with Crippen molar-refractivity contribution in [2.45, 2.75) is 32.4 Å². The molecule has 0 heterocycles. The van der Waals surface area contributed by atoms with E-state index < -0.39 is 0 Å². The van der Waals surface area contributed by atoms with Gasteiger partial charge in [0.05, 0.1) is 7.11 Å². The largest absolute Gasteiger partial charge is 0.504 e. The van der Waals surface area contributed by atoms with Gasteiger partial charge in [0.1, 0.15) is 0 Å². The Morgan fingerprint density at radius 2 is 1.76 bits per heavy atom. The Hall–Kier alpha value is -2.00. The second-order valence-electron chi connectivity index (χ2n) is 5.91. The molecule has 112 valence electrons. The first-order chi connectivity index (χ1) is 10.00. The number of phenols is 1. The van der Waals surface area contributed by atoms with Gasteiger partial charge in [-0.1, -0.05) is 36.4 Å². The summed E-state index contributed by atoms with van der Waals surface area (Å²) in [5.41, 5.74) is 2.40. The first-order valence-corrected chi connectivity index (χ1v) is 7.15. The highest BCUT2D eigenvalue weighted by atomic mass is 16.5. The van der Waals surface area contributed by atoms with Gasteiger partial charge in [-0.25, -0.2) is 0 Å². The van der Waals surface area contributed by atoms with Gasteiger partial charge in [-0.2, -0.15) is 0 Å². The van der Waals surface area contributed by atoms with Crippen LogP contribution in [0.2, 0.25) is 0 Å². The molecule has 2 N–H and O–H groups in total. The second-order valence-corrected chi connectivity index (χ2v) is 5.91. The van der Waals surface area contributed by atoms with E-state index in [1.54, 1.807) is 13.2 Å². The minimum atomic E-state index is -0.00747. The Morgan fingerprint density at radius 1 is 1.05 bits per heavy atom. The van der Waals surface area contributed by atoms with E-state index in [1.165, 1.54) is 5.56 Å². The van der Waals surface area contributed by atoms with Gasteiger partial charge in [-0.05, 0) is 43.5 Å². The third-order valence-electron chi connectivity index (χ3n) is 3.50. The molecule has 0 saturated carbocycles. The second kappa shape index (κ2) is 6.64. The highest BCUT2D eigenvalue weighted by molar-refractivity contribution is 5.41. The Bertz CT molecular complexity index is 579. The number of hydrogen-bond donors (Lipinski definition) is 2. The Morgan fingerprint density at radius 3 is 2.43 bits per heavy atom. The SMILES string of the molecule is COc1cc(CNC(C)(C)Cc2ccccc2)ccc1O. The molecule has 21 heavy (non-hydrogen) atoms. The maximum atomic E-state index is 9.61. The maximum Gasteiger partial charge on any atom is 0.160 e. The molecule has 0 amide bonds. The van der Waals surface area contributed by atoms with E-state index in [9.17, 15) is 5.11 Å². The van der Waals surface area contributed by atoms with Crippen LogP contribution in [0.5, 0.6) is 11.5 Å². The quantitative estimate of drug-likeness (QED) is 0.853. The van der Waals surface area contributed by atoms with Crippen LogP contribution in [0.3, 0.4) is 0 Å². The van der Waals surface area contributed by atoms with Crippen molar-refractivity contribution in [3.63, 3.8) is 0 Å². The molecule has 0 aliphatic carbocycles. The van der Waals surface area contributed by atoms with Crippen molar-refractivity contribution >= 4 is 0 Å². The first kappa shape index (κ1) is 15.4. The Balaban J connectivity index is 1.98. The molecule has 2 aromatic carbocycles. The number of nitrogens with one attached hydrogen (secondary N) is 1. The van der Waals surface area contributed by atoms with E-state index in [1.807, 2.05) is 18.2 Å². The highest BCUT2D eigenvalue weighted by Crippen LogP contribution is 2.26. The van der Waals surface area contributed by atoms with Gasteiger partial charge in [0, 0.05) is 12.1 Å². The molecule has 0 atom stereocenters. The van der Waals surface area contributed by atoms with Crippen molar-refractivity contribution in [2.75, 3.05) is 7.11 Å². The van der Waals surface area contributed by atoms with Crippen LogP contribution in [0.4, 0.5) is 0 Å². The lowest BCUT2D eigenvalue weighted by Crippen LogP contribution is -2.40. The third kappa shape index (κ3) is 4.50. The smallest absolute Gasteiger partial charge is 0.160 e. The molecule has 0 bridgehead atoms. The van der Waals surface area contributed by atoms with Crippen molar-refractivity contribution in [3.05, 3.63) is 59.7 Å². The lowest BCUT2D eigenvalue weighted by Gasteiger charge is -2.27. The predicted octanol–water partition coefficient (Wildman–Crippen LogP) is 3.51. The third-order valence-corrected chi connectivity index (χ3v) is 3.50. The van der Waals surface area contributed by atoms with E-state index in [4.69, 9.17) is 4.74 Å². The molecule has 0 spiro atoms. The lowest BCUT2D eigenvalue weighted by atomic mass is 9.94. The van der Waals surface area contributed by atoms with E-state index >= 15 is 0 Å². The van der Waals surface area contributed by atoms with E-state index in [0.29, 0.717) is 5.75 Å². The molecular formula is C18H23NO2. The van der Waals surface area contributed by atoms with Gasteiger partial charge in [0.25, 0.3) is 0 Å². The molecule has 0 saturated heterocycles. The zero-order chi connectivity index (χ0) is 15.3. The van der Waals surface area contributed by atoms with Crippen molar-refractivity contribution in [2.24, 2.45) is 0 Å². The number of ether oxygens (including phenoxy) is 1. The molecular weight excluding hydrogens is 262 g/mol. The van der Waals surface area contributed by atoms with Gasteiger partial charge in [0.15, 0.2) is 11.5 Å². The molecule has 3 nitrogen and oxygen atoms in total. The molecule has 0 aromatic heterocycles. The van der Waals surface area contributed by atoms with Crippen LogP contribution in [-0.4, -0.2) is 17.8 Å². The number of benzene rings is 2. The monoisotopic (exact) mass is 285 g/mol. The summed E-state index contributed by atoms with van der Waals surface area (Å²) in [7, 11) is 1.56. The Kier molecular flexibility index (Phi) is 4.86. The number of rotatable bonds is 6. The van der Waals surface area contributed by atoms with Crippen LogP contribution in [0, 0.1) is 0 Å². The molecule has 0 unspecified atom stereocenters. The molecule has 2 rings (SSSR count). The summed E-state index contributed by atoms with van der Waals surface area (Å²) in [6.07, 6.45) is 0.961. The van der Waals surface area contributed by atoms with Crippen molar-refractivity contribution < 1.29 is 9.84 Å². The molecule has 3 heteroatoms. The summed E-state index contributed by atoms with van der Waals surface area (Å²) >= 11 is 0. The van der Waals surface area contributed by atoms with Crippen LogP contribution in [0.1, 0.15) is 25.0 Å². The standard InChI is InChI=1S/C18H23NO2/c1-18(2,12-14-7-5-4-6-8-14)19-13-15-9-10-16(20)17(11-15)21-3/h4-11,19-20H,12-13H2,1-3H3. The van der Waals surface area contributed by atoms with E-state index in [0.717, 1.165) is 18.5 Å². The van der Waals surface area contributed by atoms with E-state index in [-0.39, 0.29) is 11.3 Å². The first-order valence-electron chi connectivity index (χ1n) is 7.15. The van der Waals surface area contributed by atoms with Crippen LogP contribution in [0.15, 0.2) is 48.5 Å². The van der Waals surface area contributed by atoms with Gasteiger partial charge >= 0.3 is 0 Å². The minimum absolute atomic E-state index is 0.00747. The molecule has 2 aromatic rings. The molecule has 0 radical (unpaired) electrons. The molecule has 0 aliphatic heterocycles. The fourth-order valence-electron chi connectivity index (χ4n) is 2.34. The molecule has 0 fully saturated rings. The van der Waals surface area contributed by atoms with Crippen LogP contribution in [0.25, 0.3) is 0 Å². The lowest BCUT2D eigenvalue weighted by molar-refractivity contribution is 0.369. The van der Waals surface area contributed by atoms with Crippen molar-refractivity contribution in [1.82, 2.24) is 5.32 Å². The topological polar surface area (TPSA) is 41.5 Å². The maximum absolute atomic E-state index is 9.61. The number of methoxy groups -OCH3 is 1. The van der Waals surface area contributed by atoms with Crippen molar-refractivity contribution in [1.29, 1.82) is 0 Å². The van der Waals surface area contributed by atoms with E-state index in [2.05, 4.69) is 43.4 Å². The summed E-state index contributed by atoms with van der Waals surface area (Å²) in [6.45, 7) is 5.12. The zero-order valence-electron chi connectivity index (χ0n) is 12.9. The summed E-state index contributed by atoms with van der Waals surface area (Å²) < 4.78 is 5.14. The fraction of sp³-hybridized carbons (Fsp3) is 0.333. The molecule has 0 aliphatic rings. The predicted molar refractivity (Wildman–Crippen MR) is 85.7 cm³/mol. The van der Waals surface area contributed by atoms with Gasteiger partial charge in [0.2, 0.25) is 0 Å². The normalized spacial score (nSPS) is 11.4. The number of aromatic hydroxyl groups is 1. The van der Waals surface area contributed by atoms with Gasteiger partial charge < -0.3 is 15.2 Å². The van der Waals surface area contributed by atoms with Gasteiger partial charge in [-0.15, -0.1) is 0 Å². The van der Waals surface area contributed by atoms with Crippen molar-refractivity contribution in [3.8, 4) is 11.5 Å². The fourth-order valence-corrected chi connectivity index (χ4v) is 2.34.